The average Bonchev–Trinajstić information content (AvgIpc) is 2.48. The zero-order valence-corrected chi connectivity index (χ0v) is 11.4. The zero-order valence-electron chi connectivity index (χ0n) is 11.4. The molecule has 0 spiro atoms. The predicted octanol–water partition coefficient (Wildman–Crippen LogP) is 2.82. The molecule has 0 aliphatic carbocycles. The Morgan fingerprint density at radius 1 is 1.24 bits per heavy atom. The van der Waals surface area contributed by atoms with Gasteiger partial charge in [0.05, 0.1) is 17.2 Å². The van der Waals surface area contributed by atoms with Crippen molar-refractivity contribution in [3.05, 3.63) is 58.1 Å². The van der Waals surface area contributed by atoms with Crippen LogP contribution in [-0.2, 0) is 0 Å². The van der Waals surface area contributed by atoms with E-state index in [1.165, 1.54) is 18.3 Å². The Morgan fingerprint density at radius 2 is 1.95 bits per heavy atom. The molecule has 0 fully saturated rings. The maximum Gasteiger partial charge on any atom is 0.270 e. The molecular formula is C15H13N2O4-. The monoisotopic (exact) mass is 285 g/mol. The number of ether oxygens (including phenoxy) is 1. The first-order chi connectivity index (χ1) is 10.1. The highest BCUT2D eigenvalue weighted by atomic mass is 16.6. The van der Waals surface area contributed by atoms with Crippen LogP contribution in [0.25, 0.3) is 0 Å². The van der Waals surface area contributed by atoms with Crippen molar-refractivity contribution in [1.29, 1.82) is 0 Å². The summed E-state index contributed by atoms with van der Waals surface area (Å²) in [7, 11) is 0. The number of nitro groups is 1. The summed E-state index contributed by atoms with van der Waals surface area (Å²) < 4.78 is 5.31. The molecule has 6 nitrogen and oxygen atoms in total. The van der Waals surface area contributed by atoms with Crippen LogP contribution >= 0.6 is 0 Å². The SMILES string of the molecule is CCOc1ccc(N=Cc2cc([N+](=O)[O-])ccc2[O-])cc1. The molecule has 21 heavy (non-hydrogen) atoms. The van der Waals surface area contributed by atoms with Gasteiger partial charge in [-0.05, 0) is 36.8 Å². The minimum atomic E-state index is -0.548. The third kappa shape index (κ3) is 3.79. The van der Waals surface area contributed by atoms with Crippen LogP contribution in [0.5, 0.6) is 11.5 Å². The number of hydrogen-bond acceptors (Lipinski definition) is 5. The fourth-order valence-electron chi connectivity index (χ4n) is 1.69. The van der Waals surface area contributed by atoms with Crippen molar-refractivity contribution in [2.75, 3.05) is 6.61 Å². The van der Waals surface area contributed by atoms with Gasteiger partial charge in [0, 0.05) is 18.3 Å². The highest BCUT2D eigenvalue weighted by Gasteiger charge is 2.05. The molecule has 2 rings (SSSR count). The van der Waals surface area contributed by atoms with E-state index in [2.05, 4.69) is 4.99 Å². The van der Waals surface area contributed by atoms with Gasteiger partial charge in [-0.3, -0.25) is 15.1 Å². The van der Waals surface area contributed by atoms with E-state index in [9.17, 15) is 15.2 Å². The molecule has 2 aromatic carbocycles. The Hall–Kier alpha value is -2.89. The molecule has 6 heteroatoms. The molecule has 0 heterocycles. The summed E-state index contributed by atoms with van der Waals surface area (Å²) in [5.74, 6) is 0.423. The average molecular weight is 285 g/mol. The summed E-state index contributed by atoms with van der Waals surface area (Å²) in [6.07, 6.45) is 1.32. The second kappa shape index (κ2) is 6.51. The van der Waals surface area contributed by atoms with Gasteiger partial charge in [0.15, 0.2) is 0 Å². The Bertz CT molecular complexity index is 666. The van der Waals surface area contributed by atoms with E-state index in [1.807, 2.05) is 6.92 Å². The van der Waals surface area contributed by atoms with Gasteiger partial charge in [-0.2, -0.15) is 0 Å². The van der Waals surface area contributed by atoms with Gasteiger partial charge in [-0.25, -0.2) is 0 Å². The lowest BCUT2D eigenvalue weighted by Gasteiger charge is -2.08. The Morgan fingerprint density at radius 3 is 2.57 bits per heavy atom. The second-order valence-corrected chi connectivity index (χ2v) is 4.16. The van der Waals surface area contributed by atoms with Crippen molar-refractivity contribution in [1.82, 2.24) is 0 Å². The summed E-state index contributed by atoms with van der Waals surface area (Å²) in [4.78, 5) is 14.3. The number of nitro benzene ring substituents is 1. The second-order valence-electron chi connectivity index (χ2n) is 4.16. The molecule has 0 N–H and O–H groups in total. The van der Waals surface area contributed by atoms with E-state index < -0.39 is 4.92 Å². The molecule has 0 saturated carbocycles. The molecule has 0 aliphatic rings. The Kier molecular flexibility index (Phi) is 4.50. The molecule has 0 amide bonds. The summed E-state index contributed by atoms with van der Waals surface area (Å²) >= 11 is 0. The van der Waals surface area contributed by atoms with Crippen LogP contribution in [0.2, 0.25) is 0 Å². The summed E-state index contributed by atoms with van der Waals surface area (Å²) in [6.45, 7) is 2.47. The lowest BCUT2D eigenvalue weighted by atomic mass is 10.2. The van der Waals surface area contributed by atoms with Crippen LogP contribution < -0.4 is 9.84 Å². The molecule has 0 atom stereocenters. The van der Waals surface area contributed by atoms with Crippen molar-refractivity contribution < 1.29 is 14.8 Å². The summed E-state index contributed by atoms with van der Waals surface area (Å²) in [5, 5.41) is 22.3. The fraction of sp³-hybridized carbons (Fsp3) is 0.133. The number of rotatable bonds is 5. The molecule has 108 valence electrons. The van der Waals surface area contributed by atoms with Crippen LogP contribution in [0.1, 0.15) is 12.5 Å². The molecule has 0 bridgehead atoms. The predicted molar refractivity (Wildman–Crippen MR) is 77.4 cm³/mol. The molecule has 0 radical (unpaired) electrons. The third-order valence-corrected chi connectivity index (χ3v) is 2.70. The first-order valence-electron chi connectivity index (χ1n) is 6.32. The summed E-state index contributed by atoms with van der Waals surface area (Å²) in [5.41, 5.74) is 0.671. The highest BCUT2D eigenvalue weighted by Crippen LogP contribution is 2.21. The quantitative estimate of drug-likeness (QED) is 0.480. The molecule has 2 aromatic rings. The summed E-state index contributed by atoms with van der Waals surface area (Å²) in [6, 6.07) is 10.6. The number of aliphatic imine (C=N–C) groups is 1. The molecule has 0 unspecified atom stereocenters. The third-order valence-electron chi connectivity index (χ3n) is 2.70. The van der Waals surface area contributed by atoms with Crippen molar-refractivity contribution in [3.63, 3.8) is 0 Å². The highest BCUT2D eigenvalue weighted by molar-refractivity contribution is 5.86. The Labute approximate surface area is 121 Å². The van der Waals surface area contributed by atoms with E-state index in [0.717, 1.165) is 11.8 Å². The van der Waals surface area contributed by atoms with Crippen LogP contribution in [-0.4, -0.2) is 17.7 Å². The van der Waals surface area contributed by atoms with Gasteiger partial charge in [0.1, 0.15) is 5.75 Å². The van der Waals surface area contributed by atoms with Gasteiger partial charge in [-0.1, -0.05) is 11.8 Å². The maximum absolute atomic E-state index is 11.6. The van der Waals surface area contributed by atoms with Gasteiger partial charge in [0.2, 0.25) is 0 Å². The largest absolute Gasteiger partial charge is 0.872 e. The van der Waals surface area contributed by atoms with Crippen molar-refractivity contribution in [2.45, 2.75) is 6.92 Å². The lowest BCUT2D eigenvalue weighted by Crippen LogP contribution is -1.98. The van der Waals surface area contributed by atoms with Crippen molar-refractivity contribution in [3.8, 4) is 11.5 Å². The van der Waals surface area contributed by atoms with Crippen LogP contribution in [0.4, 0.5) is 11.4 Å². The first kappa shape index (κ1) is 14.5. The van der Waals surface area contributed by atoms with E-state index >= 15 is 0 Å². The maximum atomic E-state index is 11.6. The molecule has 0 saturated heterocycles. The van der Waals surface area contributed by atoms with E-state index in [1.54, 1.807) is 24.3 Å². The van der Waals surface area contributed by atoms with Crippen LogP contribution in [0.3, 0.4) is 0 Å². The first-order valence-corrected chi connectivity index (χ1v) is 6.32. The zero-order chi connectivity index (χ0) is 15.2. The number of non-ortho nitro benzene ring substituents is 1. The van der Waals surface area contributed by atoms with E-state index in [-0.39, 0.29) is 17.0 Å². The fourth-order valence-corrected chi connectivity index (χ4v) is 1.69. The standard InChI is InChI=1S/C15H14N2O4/c1-2-21-14-6-3-12(4-7-14)16-10-11-9-13(17(19)20)5-8-15(11)18/h3-10,18H,2H2,1H3/p-1. The molecule has 0 aliphatic heterocycles. The van der Waals surface area contributed by atoms with Crippen molar-refractivity contribution in [2.24, 2.45) is 4.99 Å². The lowest BCUT2D eigenvalue weighted by molar-refractivity contribution is -0.385. The minimum Gasteiger partial charge on any atom is -0.872 e. The number of hydrogen-bond donors (Lipinski definition) is 0. The smallest absolute Gasteiger partial charge is 0.270 e. The van der Waals surface area contributed by atoms with Crippen LogP contribution in [0, 0.1) is 10.1 Å². The van der Waals surface area contributed by atoms with Gasteiger partial charge in [0.25, 0.3) is 5.69 Å². The topological polar surface area (TPSA) is 87.8 Å². The van der Waals surface area contributed by atoms with E-state index in [0.29, 0.717) is 12.3 Å². The van der Waals surface area contributed by atoms with Gasteiger partial charge in [-0.15, -0.1) is 0 Å². The van der Waals surface area contributed by atoms with Crippen molar-refractivity contribution >= 4 is 17.6 Å². The minimum absolute atomic E-state index is 0.136. The van der Waals surface area contributed by atoms with Crippen LogP contribution in [0.15, 0.2) is 47.5 Å². The van der Waals surface area contributed by atoms with Gasteiger partial charge >= 0.3 is 0 Å². The Balaban J connectivity index is 2.20. The molecular weight excluding hydrogens is 272 g/mol. The number of nitrogens with zero attached hydrogens (tertiary/aromatic N) is 2. The molecule has 0 aromatic heterocycles. The normalized spacial score (nSPS) is 10.7. The number of benzene rings is 2. The van der Waals surface area contributed by atoms with Gasteiger partial charge < -0.3 is 9.84 Å². The van der Waals surface area contributed by atoms with E-state index in [4.69, 9.17) is 4.74 Å².